The first kappa shape index (κ1) is 24.7. The second kappa shape index (κ2) is 9.90. The van der Waals surface area contributed by atoms with E-state index >= 15 is 0 Å². The number of nitrogens with zero attached hydrogens (tertiary/aromatic N) is 2. The lowest BCUT2D eigenvalue weighted by Crippen LogP contribution is -2.44. The molecule has 176 valence electrons. The lowest BCUT2D eigenvalue weighted by atomic mass is 9.97. The van der Waals surface area contributed by atoms with Gasteiger partial charge in [-0.25, -0.2) is 8.42 Å². The molecule has 1 saturated heterocycles. The number of rotatable bonds is 7. The van der Waals surface area contributed by atoms with Crippen LogP contribution in [0.4, 0.5) is 13.2 Å². The van der Waals surface area contributed by atoms with Gasteiger partial charge in [0.2, 0.25) is 15.9 Å². The number of carbonyl (C=O) groups is 1. The molecule has 0 bridgehead atoms. The molecule has 11 heteroatoms. The molecule has 1 amide bonds. The van der Waals surface area contributed by atoms with Crippen LogP contribution in [0.5, 0.6) is 0 Å². The Labute approximate surface area is 190 Å². The van der Waals surface area contributed by atoms with Gasteiger partial charge in [0.25, 0.3) is 0 Å². The molecule has 1 fully saturated rings. The van der Waals surface area contributed by atoms with Crippen molar-refractivity contribution in [2.45, 2.75) is 30.0 Å². The fourth-order valence-corrected chi connectivity index (χ4v) is 6.14. The van der Waals surface area contributed by atoms with Gasteiger partial charge < -0.3 is 10.2 Å². The molecule has 1 aromatic heterocycles. The summed E-state index contributed by atoms with van der Waals surface area (Å²) in [6.07, 6.45) is -3.99. The minimum absolute atomic E-state index is 0.0420. The van der Waals surface area contributed by atoms with Crippen molar-refractivity contribution in [1.82, 2.24) is 14.5 Å². The van der Waals surface area contributed by atoms with Gasteiger partial charge >= 0.3 is 6.18 Å². The molecule has 2 aromatic rings. The molecular formula is C21H26F3N3O3S2. The zero-order chi connectivity index (χ0) is 23.5. The SMILES string of the molecule is CN(C)[C@H](CNC(=O)C1CCN(S(=O)(=O)c2cccc(C(F)(F)F)c2)CC1)c1cccs1. The Morgan fingerprint density at radius 3 is 2.47 bits per heavy atom. The smallest absolute Gasteiger partial charge is 0.354 e. The van der Waals surface area contributed by atoms with Crippen molar-refractivity contribution < 1.29 is 26.4 Å². The van der Waals surface area contributed by atoms with Gasteiger partial charge in [-0.1, -0.05) is 12.1 Å². The van der Waals surface area contributed by atoms with Crippen LogP contribution in [0.3, 0.4) is 0 Å². The molecule has 1 aliphatic rings. The summed E-state index contributed by atoms with van der Waals surface area (Å²) >= 11 is 1.61. The van der Waals surface area contributed by atoms with Gasteiger partial charge in [0.15, 0.2) is 0 Å². The van der Waals surface area contributed by atoms with E-state index < -0.39 is 21.8 Å². The second-order valence-corrected chi connectivity index (χ2v) is 10.9. The van der Waals surface area contributed by atoms with Crippen LogP contribution in [-0.2, 0) is 21.0 Å². The summed E-state index contributed by atoms with van der Waals surface area (Å²) in [5, 5.41) is 4.94. The number of sulfonamides is 1. The van der Waals surface area contributed by atoms with Gasteiger partial charge in [-0.15, -0.1) is 11.3 Å². The van der Waals surface area contributed by atoms with E-state index in [4.69, 9.17) is 0 Å². The van der Waals surface area contributed by atoms with Crippen LogP contribution >= 0.6 is 11.3 Å². The van der Waals surface area contributed by atoms with Crippen molar-refractivity contribution in [3.05, 3.63) is 52.2 Å². The van der Waals surface area contributed by atoms with Crippen molar-refractivity contribution >= 4 is 27.3 Å². The van der Waals surface area contributed by atoms with Crippen molar-refractivity contribution in [2.75, 3.05) is 33.7 Å². The van der Waals surface area contributed by atoms with Gasteiger partial charge in [0.05, 0.1) is 16.5 Å². The number of hydrogen-bond donors (Lipinski definition) is 1. The van der Waals surface area contributed by atoms with Crippen molar-refractivity contribution in [3.63, 3.8) is 0 Å². The molecule has 1 aliphatic heterocycles. The molecular weight excluding hydrogens is 463 g/mol. The van der Waals surface area contributed by atoms with Gasteiger partial charge in [0.1, 0.15) is 0 Å². The number of thiophene rings is 1. The van der Waals surface area contributed by atoms with E-state index in [1.807, 2.05) is 36.5 Å². The Kier molecular flexibility index (Phi) is 7.64. The average Bonchev–Trinajstić information content (AvgIpc) is 3.27. The molecule has 6 nitrogen and oxygen atoms in total. The number of alkyl halides is 3. The summed E-state index contributed by atoms with van der Waals surface area (Å²) in [5.74, 6) is -0.473. The van der Waals surface area contributed by atoms with E-state index in [0.29, 0.717) is 25.5 Å². The first-order valence-electron chi connectivity index (χ1n) is 10.1. The molecule has 32 heavy (non-hydrogen) atoms. The predicted molar refractivity (Wildman–Crippen MR) is 117 cm³/mol. The highest BCUT2D eigenvalue weighted by atomic mass is 32.2. The standard InChI is InChI=1S/C21H26F3N3O3S2/c1-26(2)18(19-7-4-12-31-19)14-25-20(28)15-8-10-27(11-9-15)32(29,30)17-6-3-5-16(13-17)21(22,23)24/h3-7,12-13,15,18H,8-11,14H2,1-2H3,(H,25,28)/t18-/m1/s1. The van der Waals surface area contributed by atoms with E-state index in [0.717, 1.165) is 27.4 Å². The van der Waals surface area contributed by atoms with Gasteiger partial charge in [-0.05, 0) is 56.6 Å². The summed E-state index contributed by atoms with van der Waals surface area (Å²) in [7, 11) is -0.188. The Morgan fingerprint density at radius 2 is 1.91 bits per heavy atom. The topological polar surface area (TPSA) is 69.7 Å². The van der Waals surface area contributed by atoms with Gasteiger partial charge in [-0.3, -0.25) is 4.79 Å². The highest BCUT2D eigenvalue weighted by Crippen LogP contribution is 2.32. The van der Waals surface area contributed by atoms with Gasteiger partial charge in [-0.2, -0.15) is 17.5 Å². The zero-order valence-corrected chi connectivity index (χ0v) is 19.4. The van der Waals surface area contributed by atoms with E-state index in [1.54, 1.807) is 11.3 Å². The number of nitrogens with one attached hydrogen (secondary N) is 1. The third kappa shape index (κ3) is 5.69. The maximum atomic E-state index is 13.0. The van der Waals surface area contributed by atoms with E-state index in [2.05, 4.69) is 5.32 Å². The number of hydrogen-bond acceptors (Lipinski definition) is 5. The minimum atomic E-state index is -4.62. The Bertz CT molecular complexity index is 1020. The van der Waals surface area contributed by atoms with E-state index in [1.165, 1.54) is 0 Å². The molecule has 1 N–H and O–H groups in total. The average molecular weight is 490 g/mol. The van der Waals surface area contributed by atoms with Crippen LogP contribution in [0, 0.1) is 5.92 Å². The molecule has 0 aliphatic carbocycles. The van der Waals surface area contributed by atoms with Crippen molar-refractivity contribution in [3.8, 4) is 0 Å². The Balaban J connectivity index is 1.59. The third-order valence-corrected chi connectivity index (χ3v) is 8.46. The summed E-state index contributed by atoms with van der Waals surface area (Å²) in [6.45, 7) is 0.604. The monoisotopic (exact) mass is 489 g/mol. The molecule has 2 heterocycles. The van der Waals surface area contributed by atoms with E-state index in [-0.39, 0.29) is 35.9 Å². The Morgan fingerprint density at radius 1 is 1.22 bits per heavy atom. The third-order valence-electron chi connectivity index (χ3n) is 5.59. The summed E-state index contributed by atoms with van der Waals surface area (Å²) < 4.78 is 65.6. The number of amides is 1. The fraction of sp³-hybridized carbons (Fsp3) is 0.476. The van der Waals surface area contributed by atoms with E-state index in [9.17, 15) is 26.4 Å². The molecule has 0 spiro atoms. The van der Waals surface area contributed by atoms with Crippen molar-refractivity contribution in [1.29, 1.82) is 0 Å². The lowest BCUT2D eigenvalue weighted by Gasteiger charge is -2.31. The number of benzene rings is 1. The van der Waals surface area contributed by atoms with Crippen LogP contribution < -0.4 is 5.32 Å². The molecule has 0 radical (unpaired) electrons. The molecule has 0 unspecified atom stereocenters. The van der Waals surface area contributed by atoms with Crippen LogP contribution in [0.15, 0.2) is 46.7 Å². The number of halogens is 3. The number of carbonyl (C=O) groups excluding carboxylic acids is 1. The fourth-order valence-electron chi connectivity index (χ4n) is 3.70. The second-order valence-electron chi connectivity index (χ2n) is 7.94. The van der Waals surface area contributed by atoms with Crippen molar-refractivity contribution in [2.24, 2.45) is 5.92 Å². The van der Waals surface area contributed by atoms with Crippen LogP contribution in [-0.4, -0.2) is 57.3 Å². The molecule has 3 rings (SSSR count). The maximum Gasteiger partial charge on any atom is 0.416 e. The summed E-state index contributed by atoms with van der Waals surface area (Å²) in [5.41, 5.74) is -1.01. The van der Waals surface area contributed by atoms with Crippen LogP contribution in [0.1, 0.15) is 29.3 Å². The lowest BCUT2D eigenvalue weighted by molar-refractivity contribution is -0.137. The first-order valence-corrected chi connectivity index (χ1v) is 12.5. The molecule has 1 aromatic carbocycles. The maximum absolute atomic E-state index is 13.0. The first-order chi connectivity index (χ1) is 15.0. The number of piperidine rings is 1. The highest BCUT2D eigenvalue weighted by Gasteiger charge is 2.35. The Hall–Kier alpha value is -1.95. The summed E-state index contributed by atoms with van der Waals surface area (Å²) in [6, 6.07) is 7.75. The predicted octanol–water partition coefficient (Wildman–Crippen LogP) is 3.59. The normalized spacial score (nSPS) is 17.4. The van der Waals surface area contributed by atoms with Gasteiger partial charge in [0, 0.05) is 30.4 Å². The van der Waals surface area contributed by atoms with Crippen LogP contribution in [0.25, 0.3) is 0 Å². The zero-order valence-electron chi connectivity index (χ0n) is 17.8. The largest absolute Gasteiger partial charge is 0.416 e. The quantitative estimate of drug-likeness (QED) is 0.646. The minimum Gasteiger partial charge on any atom is -0.354 e. The van der Waals surface area contributed by atoms with Crippen LogP contribution in [0.2, 0.25) is 0 Å². The number of likely N-dealkylation sites (N-methyl/N-ethyl adjacent to an activating group) is 1. The molecule has 0 saturated carbocycles. The summed E-state index contributed by atoms with van der Waals surface area (Å²) in [4.78, 5) is 15.4. The highest BCUT2D eigenvalue weighted by molar-refractivity contribution is 7.89. The molecule has 1 atom stereocenters.